The van der Waals surface area contributed by atoms with Gasteiger partial charge in [-0.15, -0.1) is 0 Å². The summed E-state index contributed by atoms with van der Waals surface area (Å²) in [5.74, 6) is -2.42. The van der Waals surface area contributed by atoms with E-state index in [0.29, 0.717) is 31.4 Å². The molecule has 18 heteroatoms. The SMILES string of the molecule is CCCCCCS(=O)(=O)c1cc(C)c(C(=O)Cl)cc1C(F)(F)F.CCCCCCS(=O)(=O)c1cc(C)c(C(=O)N=C(N)N)cc1C(F)(F)F. The number of nitrogens with two attached hydrogens (primary N) is 2. The zero-order chi connectivity index (χ0) is 38.0. The van der Waals surface area contributed by atoms with Gasteiger partial charge in [-0.2, -0.15) is 31.3 Å². The summed E-state index contributed by atoms with van der Waals surface area (Å²) in [6.07, 6.45) is -4.66. The zero-order valence-electron chi connectivity index (χ0n) is 27.4. The molecule has 0 aliphatic rings. The van der Waals surface area contributed by atoms with Gasteiger partial charge < -0.3 is 11.5 Å². The van der Waals surface area contributed by atoms with Gasteiger partial charge in [0, 0.05) is 11.1 Å². The Hall–Kier alpha value is -3.18. The maximum Gasteiger partial charge on any atom is 0.417 e. The molecule has 9 nitrogen and oxygen atoms in total. The summed E-state index contributed by atoms with van der Waals surface area (Å²) in [6.45, 7) is 6.56. The molecule has 2 rings (SSSR count). The van der Waals surface area contributed by atoms with Crippen molar-refractivity contribution in [1.82, 2.24) is 0 Å². The first-order chi connectivity index (χ1) is 22.4. The van der Waals surface area contributed by atoms with Gasteiger partial charge in [-0.3, -0.25) is 9.59 Å². The molecule has 0 spiro atoms. The van der Waals surface area contributed by atoms with Crippen molar-refractivity contribution in [3.8, 4) is 0 Å². The molecule has 0 heterocycles. The lowest BCUT2D eigenvalue weighted by Gasteiger charge is -2.16. The molecule has 0 fully saturated rings. The molecular formula is C31H40ClF6N3O6S2. The van der Waals surface area contributed by atoms with E-state index in [1.165, 1.54) is 13.8 Å². The highest BCUT2D eigenvalue weighted by Gasteiger charge is 2.39. The highest BCUT2D eigenvalue weighted by molar-refractivity contribution is 7.91. The molecule has 0 radical (unpaired) electrons. The van der Waals surface area contributed by atoms with Crippen LogP contribution in [0.2, 0.25) is 0 Å². The third-order valence-corrected chi connectivity index (χ3v) is 11.0. The van der Waals surface area contributed by atoms with Crippen LogP contribution in [-0.4, -0.2) is 45.5 Å². The lowest BCUT2D eigenvalue weighted by molar-refractivity contribution is -0.140. The first-order valence-corrected chi connectivity index (χ1v) is 18.8. The number of guanidine groups is 1. The van der Waals surface area contributed by atoms with Crippen LogP contribution in [0.4, 0.5) is 26.3 Å². The average molecular weight is 764 g/mol. The third-order valence-electron chi connectivity index (χ3n) is 7.14. The molecule has 0 aliphatic heterocycles. The van der Waals surface area contributed by atoms with Crippen molar-refractivity contribution in [2.75, 3.05) is 11.5 Å². The summed E-state index contributed by atoms with van der Waals surface area (Å²) in [7, 11) is -8.25. The van der Waals surface area contributed by atoms with E-state index in [4.69, 9.17) is 23.1 Å². The number of sulfone groups is 2. The van der Waals surface area contributed by atoms with E-state index in [2.05, 4.69) is 4.99 Å². The number of rotatable bonds is 14. The maximum absolute atomic E-state index is 13.4. The van der Waals surface area contributed by atoms with E-state index in [-0.39, 0.29) is 28.9 Å². The topological polar surface area (TPSA) is 167 Å². The van der Waals surface area contributed by atoms with E-state index in [1.807, 2.05) is 13.8 Å². The number of nitrogens with zero attached hydrogens (tertiary/aromatic N) is 1. The van der Waals surface area contributed by atoms with Gasteiger partial charge in [0.2, 0.25) is 0 Å². The Morgan fingerprint density at radius 2 is 1.04 bits per heavy atom. The number of aliphatic imine (C=N–C) groups is 1. The number of benzene rings is 2. The summed E-state index contributed by atoms with van der Waals surface area (Å²) in [5, 5.41) is -1.06. The van der Waals surface area contributed by atoms with Crippen molar-refractivity contribution in [2.45, 2.75) is 101 Å². The number of amides is 1. The zero-order valence-corrected chi connectivity index (χ0v) is 29.8. The highest BCUT2D eigenvalue weighted by atomic mass is 35.5. The fourth-order valence-corrected chi connectivity index (χ4v) is 8.14. The number of unbranched alkanes of at least 4 members (excludes halogenated alkanes) is 6. The molecule has 0 saturated carbocycles. The number of hydrogen-bond donors (Lipinski definition) is 2. The van der Waals surface area contributed by atoms with Crippen molar-refractivity contribution in [3.63, 3.8) is 0 Å². The molecule has 0 aromatic heterocycles. The van der Waals surface area contributed by atoms with Crippen molar-refractivity contribution in [2.24, 2.45) is 16.5 Å². The Balaban J connectivity index is 0.000000494. The van der Waals surface area contributed by atoms with Crippen LogP contribution < -0.4 is 11.5 Å². The number of alkyl halides is 6. The first kappa shape index (κ1) is 43.8. The summed E-state index contributed by atoms with van der Waals surface area (Å²) >= 11 is 5.26. The minimum absolute atomic E-state index is 0.0418. The van der Waals surface area contributed by atoms with Crippen LogP contribution in [0.3, 0.4) is 0 Å². The van der Waals surface area contributed by atoms with Crippen LogP contribution in [-0.2, 0) is 32.0 Å². The maximum atomic E-state index is 13.4. The third kappa shape index (κ3) is 13.2. The Labute approximate surface area is 287 Å². The van der Waals surface area contributed by atoms with Crippen LogP contribution in [0.1, 0.15) is 108 Å². The molecule has 4 N–H and O–H groups in total. The molecule has 0 bridgehead atoms. The summed E-state index contributed by atoms with van der Waals surface area (Å²) < 4.78 is 129. The number of aryl methyl sites for hydroxylation is 2. The number of carbonyl (C=O) groups excluding carboxylic acids is 2. The fourth-order valence-electron chi connectivity index (χ4n) is 4.60. The van der Waals surface area contributed by atoms with Crippen LogP contribution in [0, 0.1) is 13.8 Å². The van der Waals surface area contributed by atoms with E-state index in [0.717, 1.165) is 37.8 Å². The van der Waals surface area contributed by atoms with Gasteiger partial charge in [0.1, 0.15) is 0 Å². The standard InChI is InChI=1S/C16H22F3N3O3S.C15H18ClF3O3S/c1-3-4-5-6-7-26(24,25)13-8-10(2)11(14(23)22-15(20)21)9-12(13)16(17,18)19;1-3-4-5-6-7-23(21,22)13-8-10(2)11(14(16)20)9-12(13)15(17,18)19/h8-9H,3-7H2,1-2H3,(H4,20,21,22,23);8-9H,3-7H2,1-2H3. The Bertz CT molecular complexity index is 1740. The fraction of sp³-hybridized carbons (Fsp3) is 0.516. The quantitative estimate of drug-likeness (QED) is 0.0655. The van der Waals surface area contributed by atoms with Crippen molar-refractivity contribution < 1.29 is 52.8 Å². The Kier molecular flexibility index (Phi) is 16.3. The van der Waals surface area contributed by atoms with Gasteiger partial charge in [0.25, 0.3) is 11.1 Å². The van der Waals surface area contributed by atoms with Gasteiger partial charge in [-0.25, -0.2) is 16.8 Å². The smallest absolute Gasteiger partial charge is 0.370 e. The van der Waals surface area contributed by atoms with E-state index in [9.17, 15) is 52.8 Å². The van der Waals surface area contributed by atoms with Crippen molar-refractivity contribution in [3.05, 3.63) is 57.6 Å². The molecule has 276 valence electrons. The second-order valence-electron chi connectivity index (χ2n) is 11.2. The lowest BCUT2D eigenvalue weighted by atomic mass is 10.0. The van der Waals surface area contributed by atoms with Crippen LogP contribution in [0.15, 0.2) is 39.0 Å². The van der Waals surface area contributed by atoms with Gasteiger partial charge in [-0.05, 0) is 73.7 Å². The van der Waals surface area contributed by atoms with Crippen molar-refractivity contribution >= 4 is 48.4 Å². The van der Waals surface area contributed by atoms with E-state index in [1.54, 1.807) is 0 Å². The molecule has 2 aromatic carbocycles. The van der Waals surface area contributed by atoms with Gasteiger partial charge in [0.05, 0.1) is 32.4 Å². The summed E-state index contributed by atoms with van der Waals surface area (Å²) in [4.78, 5) is 24.7. The second-order valence-corrected chi connectivity index (χ2v) is 15.7. The summed E-state index contributed by atoms with van der Waals surface area (Å²) in [5.41, 5.74) is 6.80. The van der Waals surface area contributed by atoms with Gasteiger partial charge >= 0.3 is 12.4 Å². The monoisotopic (exact) mass is 763 g/mol. The molecule has 0 aliphatic carbocycles. The largest absolute Gasteiger partial charge is 0.417 e. The van der Waals surface area contributed by atoms with Crippen molar-refractivity contribution in [1.29, 1.82) is 0 Å². The Morgan fingerprint density at radius 3 is 1.37 bits per heavy atom. The minimum atomic E-state index is -4.95. The molecule has 1 amide bonds. The molecule has 2 aromatic rings. The normalized spacial score (nSPS) is 12.2. The molecule has 0 atom stereocenters. The van der Waals surface area contributed by atoms with Gasteiger partial charge in [0.15, 0.2) is 25.6 Å². The number of halogens is 7. The van der Waals surface area contributed by atoms with Crippen LogP contribution in [0.5, 0.6) is 0 Å². The first-order valence-electron chi connectivity index (χ1n) is 15.1. The second kappa shape index (κ2) is 18.2. The molecule has 0 unspecified atom stereocenters. The lowest BCUT2D eigenvalue weighted by Crippen LogP contribution is -2.24. The molecule has 0 saturated heterocycles. The van der Waals surface area contributed by atoms with E-state index >= 15 is 0 Å². The Morgan fingerprint density at radius 1 is 0.673 bits per heavy atom. The number of carbonyl (C=O) groups is 2. The highest BCUT2D eigenvalue weighted by Crippen LogP contribution is 2.38. The predicted molar refractivity (Wildman–Crippen MR) is 175 cm³/mol. The molecule has 49 heavy (non-hydrogen) atoms. The number of hydrogen-bond acceptors (Lipinski definition) is 6. The predicted octanol–water partition coefficient (Wildman–Crippen LogP) is 7.53. The minimum Gasteiger partial charge on any atom is -0.370 e. The van der Waals surface area contributed by atoms with E-state index < -0.39 is 81.4 Å². The molecular weight excluding hydrogens is 724 g/mol. The van der Waals surface area contributed by atoms with Crippen LogP contribution in [0.25, 0.3) is 0 Å². The van der Waals surface area contributed by atoms with Crippen LogP contribution >= 0.6 is 11.6 Å². The van der Waals surface area contributed by atoms with Gasteiger partial charge in [-0.1, -0.05) is 52.4 Å². The average Bonchev–Trinajstić information content (AvgIpc) is 2.95. The summed E-state index contributed by atoms with van der Waals surface area (Å²) in [6, 6.07) is 2.74.